The quantitative estimate of drug-likeness (QED) is 0.623. The Balaban J connectivity index is 1.45. The van der Waals surface area contributed by atoms with Gasteiger partial charge in [0.05, 0.1) is 0 Å². The van der Waals surface area contributed by atoms with E-state index in [4.69, 9.17) is 4.74 Å². The lowest BCUT2D eigenvalue weighted by Gasteiger charge is -2.16. The van der Waals surface area contributed by atoms with Crippen LogP contribution in [0.5, 0.6) is 0 Å². The second-order valence-electron chi connectivity index (χ2n) is 5.69. The summed E-state index contributed by atoms with van der Waals surface area (Å²) < 4.78 is 5.07. The van der Waals surface area contributed by atoms with E-state index in [0.29, 0.717) is 0 Å². The lowest BCUT2D eigenvalue weighted by atomic mass is 10.1. The first-order chi connectivity index (χ1) is 8.38. The normalized spacial score (nSPS) is 25.6. The van der Waals surface area contributed by atoms with Gasteiger partial charge in [0.1, 0.15) is 0 Å². The zero-order chi connectivity index (χ0) is 11.9. The van der Waals surface area contributed by atoms with Gasteiger partial charge in [-0.2, -0.15) is 0 Å². The minimum atomic E-state index is 0.873. The lowest BCUT2D eigenvalue weighted by molar-refractivity contribution is 0.190. The number of nitrogens with one attached hydrogen (secondary N) is 1. The zero-order valence-corrected chi connectivity index (χ0v) is 11.3. The number of hydrogen-bond donors (Lipinski definition) is 1. The van der Waals surface area contributed by atoms with E-state index >= 15 is 0 Å². The number of likely N-dealkylation sites (tertiary alicyclic amines) is 1. The molecule has 100 valence electrons. The molecule has 1 aliphatic heterocycles. The third-order valence-electron chi connectivity index (χ3n) is 3.97. The molecule has 2 aliphatic rings. The maximum Gasteiger partial charge on any atom is 0.0462 e. The summed E-state index contributed by atoms with van der Waals surface area (Å²) in [5.41, 5.74) is 0. The highest BCUT2D eigenvalue weighted by atomic mass is 16.5. The van der Waals surface area contributed by atoms with Gasteiger partial charge >= 0.3 is 0 Å². The van der Waals surface area contributed by atoms with Gasteiger partial charge in [0.2, 0.25) is 0 Å². The first-order valence-corrected chi connectivity index (χ1v) is 7.33. The molecule has 0 amide bonds. The van der Waals surface area contributed by atoms with Crippen molar-refractivity contribution in [1.29, 1.82) is 0 Å². The Morgan fingerprint density at radius 1 is 1.18 bits per heavy atom. The maximum atomic E-state index is 5.07. The van der Waals surface area contributed by atoms with Crippen molar-refractivity contribution < 1.29 is 4.74 Å². The van der Waals surface area contributed by atoms with Crippen molar-refractivity contribution in [3.63, 3.8) is 0 Å². The maximum absolute atomic E-state index is 5.07. The number of ether oxygens (including phenoxy) is 1. The molecule has 3 heteroatoms. The van der Waals surface area contributed by atoms with Crippen molar-refractivity contribution in [1.82, 2.24) is 10.2 Å². The Hall–Kier alpha value is -0.120. The summed E-state index contributed by atoms with van der Waals surface area (Å²) in [7, 11) is 1.79. The van der Waals surface area contributed by atoms with Crippen molar-refractivity contribution >= 4 is 0 Å². The molecule has 1 heterocycles. The van der Waals surface area contributed by atoms with Crippen LogP contribution >= 0.6 is 0 Å². The Morgan fingerprint density at radius 2 is 2.06 bits per heavy atom. The highest BCUT2D eigenvalue weighted by Crippen LogP contribution is 2.21. The summed E-state index contributed by atoms with van der Waals surface area (Å²) in [5, 5.41) is 3.66. The van der Waals surface area contributed by atoms with Crippen LogP contribution in [-0.4, -0.2) is 50.8 Å². The molecule has 0 aromatic rings. The SMILES string of the molecule is COCCCCCN1CCC(CNC2CC2)C1. The fourth-order valence-electron chi connectivity index (χ4n) is 2.66. The van der Waals surface area contributed by atoms with E-state index in [9.17, 15) is 0 Å². The van der Waals surface area contributed by atoms with E-state index in [0.717, 1.165) is 18.6 Å². The summed E-state index contributed by atoms with van der Waals surface area (Å²) >= 11 is 0. The molecule has 0 aromatic heterocycles. The molecule has 3 nitrogen and oxygen atoms in total. The van der Waals surface area contributed by atoms with Crippen LogP contribution in [0.3, 0.4) is 0 Å². The molecule has 1 aliphatic carbocycles. The summed E-state index contributed by atoms with van der Waals surface area (Å²) in [6.45, 7) is 6.12. The van der Waals surface area contributed by atoms with Crippen LogP contribution in [0.1, 0.15) is 38.5 Å². The standard InChI is InChI=1S/C14H28N2O/c1-17-10-4-2-3-8-16-9-7-13(12-16)11-15-14-5-6-14/h13-15H,2-12H2,1H3. The van der Waals surface area contributed by atoms with Gasteiger partial charge in [-0.05, 0) is 64.1 Å². The zero-order valence-electron chi connectivity index (χ0n) is 11.3. The molecule has 0 spiro atoms. The molecule has 1 saturated carbocycles. The molecule has 0 bridgehead atoms. The highest BCUT2D eigenvalue weighted by Gasteiger charge is 2.25. The van der Waals surface area contributed by atoms with E-state index in [1.807, 2.05) is 0 Å². The van der Waals surface area contributed by atoms with E-state index in [2.05, 4.69) is 10.2 Å². The first-order valence-electron chi connectivity index (χ1n) is 7.33. The van der Waals surface area contributed by atoms with E-state index < -0.39 is 0 Å². The van der Waals surface area contributed by atoms with E-state index in [1.54, 1.807) is 7.11 Å². The molecule has 1 atom stereocenters. The largest absolute Gasteiger partial charge is 0.385 e. The van der Waals surface area contributed by atoms with Gasteiger partial charge < -0.3 is 15.0 Å². The summed E-state index contributed by atoms with van der Waals surface area (Å²) in [4.78, 5) is 2.64. The molecular formula is C14H28N2O. The van der Waals surface area contributed by atoms with Gasteiger partial charge in [-0.1, -0.05) is 0 Å². The average molecular weight is 240 g/mol. The van der Waals surface area contributed by atoms with Gasteiger partial charge in [-0.25, -0.2) is 0 Å². The number of hydrogen-bond acceptors (Lipinski definition) is 3. The van der Waals surface area contributed by atoms with E-state index in [1.165, 1.54) is 64.7 Å². The number of rotatable bonds is 9. The van der Waals surface area contributed by atoms with Gasteiger partial charge in [-0.15, -0.1) is 0 Å². The third kappa shape index (κ3) is 5.36. The van der Waals surface area contributed by atoms with Crippen LogP contribution in [0.4, 0.5) is 0 Å². The van der Waals surface area contributed by atoms with Crippen LogP contribution in [0.25, 0.3) is 0 Å². The van der Waals surface area contributed by atoms with Crippen molar-refractivity contribution in [3.05, 3.63) is 0 Å². The van der Waals surface area contributed by atoms with Crippen LogP contribution < -0.4 is 5.32 Å². The third-order valence-corrected chi connectivity index (χ3v) is 3.97. The molecule has 1 unspecified atom stereocenters. The Morgan fingerprint density at radius 3 is 2.82 bits per heavy atom. The number of nitrogens with zero attached hydrogens (tertiary/aromatic N) is 1. The van der Waals surface area contributed by atoms with Crippen LogP contribution in [0, 0.1) is 5.92 Å². The van der Waals surface area contributed by atoms with Crippen LogP contribution in [0.15, 0.2) is 0 Å². The smallest absolute Gasteiger partial charge is 0.0462 e. The van der Waals surface area contributed by atoms with Gasteiger partial charge in [0, 0.05) is 26.3 Å². The molecule has 17 heavy (non-hydrogen) atoms. The van der Waals surface area contributed by atoms with Gasteiger partial charge in [0.25, 0.3) is 0 Å². The van der Waals surface area contributed by atoms with Crippen molar-refractivity contribution in [2.45, 2.75) is 44.6 Å². The van der Waals surface area contributed by atoms with Gasteiger partial charge in [0.15, 0.2) is 0 Å². The average Bonchev–Trinajstić information content (AvgIpc) is 3.06. The van der Waals surface area contributed by atoms with Crippen molar-refractivity contribution in [2.24, 2.45) is 5.92 Å². The Kier molecular flexibility index (Phi) is 5.75. The second kappa shape index (κ2) is 7.34. The van der Waals surface area contributed by atoms with Crippen LogP contribution in [-0.2, 0) is 4.74 Å². The summed E-state index contributed by atoms with van der Waals surface area (Å²) in [5.74, 6) is 0.912. The number of methoxy groups -OCH3 is 1. The minimum absolute atomic E-state index is 0.873. The van der Waals surface area contributed by atoms with Crippen LogP contribution in [0.2, 0.25) is 0 Å². The minimum Gasteiger partial charge on any atom is -0.385 e. The highest BCUT2D eigenvalue weighted by molar-refractivity contribution is 4.84. The fraction of sp³-hybridized carbons (Fsp3) is 1.00. The molecule has 1 N–H and O–H groups in total. The first kappa shape index (κ1) is 13.3. The van der Waals surface area contributed by atoms with Gasteiger partial charge in [-0.3, -0.25) is 0 Å². The summed E-state index contributed by atoms with van der Waals surface area (Å²) in [6.07, 6.45) is 8.10. The second-order valence-corrected chi connectivity index (χ2v) is 5.69. The van der Waals surface area contributed by atoms with Crippen molar-refractivity contribution in [2.75, 3.05) is 39.9 Å². The molecule has 2 fully saturated rings. The molecule has 1 saturated heterocycles. The lowest BCUT2D eigenvalue weighted by Crippen LogP contribution is -2.28. The fourth-order valence-corrected chi connectivity index (χ4v) is 2.66. The topological polar surface area (TPSA) is 24.5 Å². The Labute approximate surface area is 106 Å². The summed E-state index contributed by atoms with van der Waals surface area (Å²) in [6, 6.07) is 0.873. The Bertz CT molecular complexity index is 206. The van der Waals surface area contributed by atoms with E-state index in [-0.39, 0.29) is 0 Å². The molecular weight excluding hydrogens is 212 g/mol. The molecule has 0 aromatic carbocycles. The molecule has 0 radical (unpaired) electrons. The predicted molar refractivity (Wildman–Crippen MR) is 71.3 cm³/mol. The number of unbranched alkanes of at least 4 members (excludes halogenated alkanes) is 2. The molecule has 2 rings (SSSR count). The predicted octanol–water partition coefficient (Wildman–Crippen LogP) is 1.88. The monoisotopic (exact) mass is 240 g/mol. The van der Waals surface area contributed by atoms with Crippen molar-refractivity contribution in [3.8, 4) is 0 Å².